The van der Waals surface area contributed by atoms with Crippen LogP contribution in [0.3, 0.4) is 0 Å². The number of fused-ring (bicyclic) bond motifs is 3. The van der Waals surface area contributed by atoms with E-state index in [4.69, 9.17) is 14.5 Å². The molecule has 0 radical (unpaired) electrons. The number of rotatable bonds is 4. The van der Waals surface area contributed by atoms with Crippen LogP contribution >= 0.6 is 0 Å². The van der Waals surface area contributed by atoms with Gasteiger partial charge in [-0.2, -0.15) is 5.10 Å². The zero-order valence-electron chi connectivity index (χ0n) is 18.1. The quantitative estimate of drug-likeness (QED) is 0.524. The van der Waals surface area contributed by atoms with E-state index < -0.39 is 5.82 Å². The number of halogens is 1. The molecule has 0 atom stereocenters. The highest BCUT2D eigenvalue weighted by Gasteiger charge is 2.26. The maximum atomic E-state index is 15.4. The molecule has 0 saturated heterocycles. The Kier molecular flexibility index (Phi) is 5.10. The van der Waals surface area contributed by atoms with Gasteiger partial charge < -0.3 is 19.3 Å². The molecule has 1 aliphatic rings. The van der Waals surface area contributed by atoms with Crippen LogP contribution in [-0.4, -0.2) is 59.4 Å². The van der Waals surface area contributed by atoms with Gasteiger partial charge in [-0.15, -0.1) is 0 Å². The lowest BCUT2D eigenvalue weighted by atomic mass is 10.1. The monoisotopic (exact) mass is 434 g/mol. The maximum Gasteiger partial charge on any atom is 0.188 e. The Labute approximate surface area is 184 Å². The third kappa shape index (κ3) is 3.40. The van der Waals surface area contributed by atoms with Gasteiger partial charge in [0.1, 0.15) is 5.75 Å². The van der Waals surface area contributed by atoms with Crippen LogP contribution in [0.2, 0.25) is 0 Å². The molecule has 2 aromatic heterocycles. The number of anilines is 2. The van der Waals surface area contributed by atoms with Crippen molar-refractivity contribution < 1.29 is 13.9 Å². The molecular formula is C23H23FN6O2. The molecule has 0 bridgehead atoms. The molecule has 0 amide bonds. The molecule has 5 rings (SSSR count). The van der Waals surface area contributed by atoms with Gasteiger partial charge in [-0.3, -0.25) is 10.1 Å². The molecular weight excluding hydrogens is 411 g/mol. The summed E-state index contributed by atoms with van der Waals surface area (Å²) in [6, 6.07) is 7.15. The molecule has 164 valence electrons. The lowest BCUT2D eigenvalue weighted by Crippen LogP contribution is -2.26. The smallest absolute Gasteiger partial charge is 0.188 e. The van der Waals surface area contributed by atoms with Gasteiger partial charge in [-0.25, -0.2) is 9.37 Å². The number of likely N-dealkylation sites (N-methyl/N-ethyl adjacent to an activating group) is 1. The molecule has 0 unspecified atom stereocenters. The fourth-order valence-electron chi connectivity index (χ4n) is 4.07. The Hall–Kier alpha value is -3.72. The number of hydrogen-bond acceptors (Lipinski definition) is 7. The summed E-state index contributed by atoms with van der Waals surface area (Å²) in [6.45, 7) is 2.00. The number of ether oxygens (including phenoxy) is 2. The highest BCUT2D eigenvalue weighted by molar-refractivity contribution is 5.87. The first-order valence-electron chi connectivity index (χ1n) is 10.2. The lowest BCUT2D eigenvalue weighted by molar-refractivity contribution is 0.343. The summed E-state index contributed by atoms with van der Waals surface area (Å²) < 4.78 is 26.0. The van der Waals surface area contributed by atoms with Crippen LogP contribution < -0.4 is 14.4 Å². The first-order chi connectivity index (χ1) is 15.6. The van der Waals surface area contributed by atoms with E-state index in [2.05, 4.69) is 20.1 Å². The number of aromatic amines is 1. The fourth-order valence-corrected chi connectivity index (χ4v) is 4.07. The first-order valence-corrected chi connectivity index (χ1v) is 10.2. The Morgan fingerprint density at radius 3 is 2.69 bits per heavy atom. The predicted molar refractivity (Wildman–Crippen MR) is 120 cm³/mol. The second-order valence-electron chi connectivity index (χ2n) is 7.73. The van der Waals surface area contributed by atoms with Gasteiger partial charge in [0, 0.05) is 54.8 Å². The van der Waals surface area contributed by atoms with Crippen molar-refractivity contribution in [3.05, 3.63) is 54.2 Å². The standard InChI is InChI=1S/C23H23FN6O2/c1-29-6-7-30(20-8-15(31-2)9-21(32-3)22(20)24)19-5-4-17-23(16(19)13-29)28-18(12-25-17)14-10-26-27-11-14/h4-5,8-12H,6-7,13H2,1-3H3,(H,26,27). The molecule has 1 aliphatic heterocycles. The summed E-state index contributed by atoms with van der Waals surface area (Å²) in [5.74, 6) is 0.240. The highest BCUT2D eigenvalue weighted by Crippen LogP contribution is 2.40. The van der Waals surface area contributed by atoms with Crippen LogP contribution in [0.4, 0.5) is 15.8 Å². The minimum atomic E-state index is -0.429. The summed E-state index contributed by atoms with van der Waals surface area (Å²) in [4.78, 5) is 13.7. The molecule has 2 aromatic carbocycles. The van der Waals surface area contributed by atoms with E-state index in [0.717, 1.165) is 40.1 Å². The Bertz CT molecular complexity index is 1280. The van der Waals surface area contributed by atoms with Crippen molar-refractivity contribution in [1.29, 1.82) is 0 Å². The Morgan fingerprint density at radius 1 is 1.06 bits per heavy atom. The molecule has 4 aromatic rings. The van der Waals surface area contributed by atoms with Gasteiger partial charge in [0.15, 0.2) is 11.6 Å². The van der Waals surface area contributed by atoms with E-state index in [0.29, 0.717) is 24.5 Å². The molecule has 8 nitrogen and oxygen atoms in total. The van der Waals surface area contributed by atoms with E-state index in [1.54, 1.807) is 37.8 Å². The van der Waals surface area contributed by atoms with Gasteiger partial charge in [0.05, 0.1) is 49.0 Å². The van der Waals surface area contributed by atoms with Gasteiger partial charge in [0.25, 0.3) is 0 Å². The minimum Gasteiger partial charge on any atom is -0.497 e. The van der Waals surface area contributed by atoms with Crippen LogP contribution in [0.15, 0.2) is 42.9 Å². The summed E-state index contributed by atoms with van der Waals surface area (Å²) in [7, 11) is 5.05. The summed E-state index contributed by atoms with van der Waals surface area (Å²) in [5, 5.41) is 6.83. The van der Waals surface area contributed by atoms with Crippen LogP contribution in [-0.2, 0) is 6.54 Å². The average Bonchev–Trinajstić information content (AvgIpc) is 3.30. The second kappa shape index (κ2) is 8.08. The average molecular weight is 434 g/mol. The van der Waals surface area contributed by atoms with Crippen molar-refractivity contribution in [3.8, 4) is 22.8 Å². The van der Waals surface area contributed by atoms with E-state index in [-0.39, 0.29) is 5.75 Å². The van der Waals surface area contributed by atoms with Gasteiger partial charge in [0.2, 0.25) is 0 Å². The minimum absolute atomic E-state index is 0.140. The van der Waals surface area contributed by atoms with Crippen LogP contribution in [0.25, 0.3) is 22.3 Å². The number of H-pyrrole nitrogens is 1. The molecule has 0 fully saturated rings. The molecule has 0 aliphatic carbocycles. The van der Waals surface area contributed by atoms with Crippen molar-refractivity contribution in [2.24, 2.45) is 0 Å². The van der Waals surface area contributed by atoms with E-state index in [9.17, 15) is 0 Å². The van der Waals surface area contributed by atoms with Crippen molar-refractivity contribution >= 4 is 22.4 Å². The number of nitrogens with one attached hydrogen (secondary N) is 1. The fraction of sp³-hybridized carbons (Fsp3) is 0.261. The molecule has 3 heterocycles. The third-order valence-corrected chi connectivity index (χ3v) is 5.75. The summed E-state index contributed by atoms with van der Waals surface area (Å²) >= 11 is 0. The lowest BCUT2D eigenvalue weighted by Gasteiger charge is -2.26. The van der Waals surface area contributed by atoms with Gasteiger partial charge in [-0.05, 0) is 19.2 Å². The topological polar surface area (TPSA) is 79.4 Å². The van der Waals surface area contributed by atoms with E-state index >= 15 is 4.39 Å². The van der Waals surface area contributed by atoms with E-state index in [1.165, 1.54) is 7.11 Å². The number of hydrogen-bond donors (Lipinski definition) is 1. The molecule has 0 spiro atoms. The zero-order valence-corrected chi connectivity index (χ0v) is 18.1. The molecule has 1 N–H and O–H groups in total. The number of nitrogens with zero attached hydrogens (tertiary/aromatic N) is 5. The number of methoxy groups -OCH3 is 2. The molecule has 9 heteroatoms. The summed E-state index contributed by atoms with van der Waals surface area (Å²) in [6.07, 6.45) is 5.24. The second-order valence-corrected chi connectivity index (χ2v) is 7.73. The van der Waals surface area contributed by atoms with Crippen LogP contribution in [0, 0.1) is 5.82 Å². The third-order valence-electron chi connectivity index (χ3n) is 5.75. The number of benzene rings is 2. The van der Waals surface area contributed by atoms with Crippen molar-refractivity contribution in [3.63, 3.8) is 0 Å². The molecule has 0 saturated carbocycles. The largest absolute Gasteiger partial charge is 0.497 e. The van der Waals surface area contributed by atoms with Gasteiger partial charge >= 0.3 is 0 Å². The Balaban J connectivity index is 1.72. The van der Waals surface area contributed by atoms with Crippen LogP contribution in [0.5, 0.6) is 11.5 Å². The van der Waals surface area contributed by atoms with Gasteiger partial charge in [-0.1, -0.05) is 0 Å². The van der Waals surface area contributed by atoms with Crippen molar-refractivity contribution in [1.82, 2.24) is 25.1 Å². The molecule has 32 heavy (non-hydrogen) atoms. The zero-order chi connectivity index (χ0) is 22.2. The summed E-state index contributed by atoms with van der Waals surface area (Å²) in [5.41, 5.74) is 5.43. The normalized spacial score (nSPS) is 14.3. The maximum absolute atomic E-state index is 15.4. The number of aromatic nitrogens is 4. The van der Waals surface area contributed by atoms with Crippen LogP contribution in [0.1, 0.15) is 5.56 Å². The highest BCUT2D eigenvalue weighted by atomic mass is 19.1. The van der Waals surface area contributed by atoms with Crippen molar-refractivity contribution in [2.75, 3.05) is 39.3 Å². The SMILES string of the molecule is COc1cc(OC)c(F)c(N2CCN(C)Cc3c2ccc2ncc(-c4cn[nH]c4)nc32)c1. The van der Waals surface area contributed by atoms with E-state index in [1.807, 2.05) is 24.1 Å². The Morgan fingerprint density at radius 2 is 1.94 bits per heavy atom. The first kappa shape index (κ1) is 20.2. The van der Waals surface area contributed by atoms with Crippen molar-refractivity contribution in [2.45, 2.75) is 6.54 Å². The predicted octanol–water partition coefficient (Wildman–Crippen LogP) is 3.76.